The number of aryl methyl sites for hydroxylation is 1. The number of hydrogen-bond donors (Lipinski definition) is 1. The SMILES string of the molecule is Cc1cccc(CN2CCCCCCCN(C(=O)COc3ccccc3)c3ccc(C(=O)O)cc3C2)c1. The third kappa shape index (κ3) is 7.67. The Hall–Kier alpha value is -3.64. The molecule has 0 spiro atoms. The maximum atomic E-state index is 13.5. The van der Waals surface area contributed by atoms with Crippen molar-refractivity contribution in [3.63, 3.8) is 0 Å². The molecule has 1 heterocycles. The summed E-state index contributed by atoms with van der Waals surface area (Å²) in [6, 6.07) is 22.9. The Labute approximate surface area is 219 Å². The van der Waals surface area contributed by atoms with Crippen LogP contribution >= 0.6 is 0 Å². The molecule has 1 aliphatic heterocycles. The minimum Gasteiger partial charge on any atom is -0.484 e. The van der Waals surface area contributed by atoms with E-state index in [1.165, 1.54) is 11.1 Å². The average Bonchev–Trinajstić information content (AvgIpc) is 2.89. The number of rotatable bonds is 6. The molecule has 0 saturated carbocycles. The van der Waals surface area contributed by atoms with E-state index in [-0.39, 0.29) is 18.1 Å². The highest BCUT2D eigenvalue weighted by atomic mass is 16.5. The molecule has 3 aromatic carbocycles. The van der Waals surface area contributed by atoms with Crippen molar-refractivity contribution in [1.82, 2.24) is 4.90 Å². The predicted octanol–water partition coefficient (Wildman–Crippen LogP) is 6.07. The van der Waals surface area contributed by atoms with Gasteiger partial charge in [0.05, 0.1) is 5.56 Å². The number of carbonyl (C=O) groups is 2. The lowest BCUT2D eigenvalue weighted by atomic mass is 10.0. The average molecular weight is 501 g/mol. The first-order chi connectivity index (χ1) is 18.0. The number of ether oxygens (including phenoxy) is 1. The van der Waals surface area contributed by atoms with E-state index in [2.05, 4.69) is 36.1 Å². The molecule has 6 nitrogen and oxygen atoms in total. The molecular weight excluding hydrogens is 464 g/mol. The molecule has 0 unspecified atom stereocenters. The van der Waals surface area contributed by atoms with E-state index in [1.54, 1.807) is 23.1 Å². The summed E-state index contributed by atoms with van der Waals surface area (Å²) >= 11 is 0. The molecule has 0 fully saturated rings. The molecule has 4 rings (SSSR count). The monoisotopic (exact) mass is 500 g/mol. The van der Waals surface area contributed by atoms with Crippen molar-refractivity contribution in [2.24, 2.45) is 0 Å². The van der Waals surface area contributed by atoms with Crippen LogP contribution in [0.2, 0.25) is 0 Å². The molecule has 6 heteroatoms. The number of carboxylic acid groups (broad SMARTS) is 1. The van der Waals surface area contributed by atoms with Gasteiger partial charge >= 0.3 is 5.97 Å². The highest BCUT2D eigenvalue weighted by Crippen LogP contribution is 2.27. The molecule has 0 bridgehead atoms. The Morgan fingerprint density at radius 3 is 2.38 bits per heavy atom. The van der Waals surface area contributed by atoms with E-state index in [0.29, 0.717) is 18.8 Å². The summed E-state index contributed by atoms with van der Waals surface area (Å²) in [5.41, 5.74) is 4.29. The lowest BCUT2D eigenvalue weighted by Crippen LogP contribution is -2.37. The third-order valence-electron chi connectivity index (χ3n) is 6.76. The predicted molar refractivity (Wildman–Crippen MR) is 146 cm³/mol. The summed E-state index contributed by atoms with van der Waals surface area (Å²) in [6.45, 7) is 4.84. The van der Waals surface area contributed by atoms with Crippen LogP contribution in [0.5, 0.6) is 5.75 Å². The standard InChI is InChI=1S/C31H36N2O4/c1-24-11-10-12-25(19-24)21-32-17-8-3-2-4-9-18-33(30(34)23-37-28-13-6-5-7-14-28)29-16-15-26(31(35)36)20-27(29)22-32/h5-7,10-16,19-20H,2-4,8-9,17-18,21-23H2,1H3,(H,35,36). The van der Waals surface area contributed by atoms with Crippen molar-refractivity contribution >= 4 is 17.6 Å². The van der Waals surface area contributed by atoms with E-state index in [9.17, 15) is 14.7 Å². The first kappa shape index (κ1) is 26.4. The van der Waals surface area contributed by atoms with Crippen LogP contribution in [0.15, 0.2) is 72.8 Å². The van der Waals surface area contributed by atoms with Gasteiger partial charge in [0.25, 0.3) is 5.91 Å². The second-order valence-corrected chi connectivity index (χ2v) is 9.76. The fraction of sp³-hybridized carbons (Fsp3) is 0.355. The maximum Gasteiger partial charge on any atom is 0.335 e. The first-order valence-corrected chi connectivity index (χ1v) is 13.1. The number of amides is 1. The molecule has 3 aromatic rings. The number of para-hydroxylation sites is 1. The van der Waals surface area contributed by atoms with Crippen LogP contribution in [-0.4, -0.2) is 41.6 Å². The van der Waals surface area contributed by atoms with Gasteiger partial charge in [0, 0.05) is 25.3 Å². The molecule has 194 valence electrons. The van der Waals surface area contributed by atoms with Crippen molar-refractivity contribution in [3.8, 4) is 5.75 Å². The second kappa shape index (κ2) is 13.1. The molecule has 1 aliphatic rings. The molecule has 0 aliphatic carbocycles. The summed E-state index contributed by atoms with van der Waals surface area (Å²) in [6.07, 6.45) is 5.30. The topological polar surface area (TPSA) is 70.1 Å². The number of nitrogens with zero attached hydrogens (tertiary/aromatic N) is 2. The van der Waals surface area contributed by atoms with E-state index >= 15 is 0 Å². The van der Waals surface area contributed by atoms with Crippen LogP contribution in [0.3, 0.4) is 0 Å². The van der Waals surface area contributed by atoms with Crippen molar-refractivity contribution < 1.29 is 19.4 Å². The number of fused-ring (bicyclic) bond motifs is 1. The molecule has 37 heavy (non-hydrogen) atoms. The largest absolute Gasteiger partial charge is 0.484 e. The number of benzene rings is 3. The highest BCUT2D eigenvalue weighted by molar-refractivity contribution is 5.96. The van der Waals surface area contributed by atoms with Gasteiger partial charge in [0.1, 0.15) is 5.75 Å². The van der Waals surface area contributed by atoms with Gasteiger partial charge < -0.3 is 14.7 Å². The van der Waals surface area contributed by atoms with Crippen LogP contribution in [0.1, 0.15) is 59.2 Å². The van der Waals surface area contributed by atoms with Crippen LogP contribution in [-0.2, 0) is 17.9 Å². The van der Waals surface area contributed by atoms with Gasteiger partial charge in [-0.05, 0) is 67.8 Å². The zero-order valence-corrected chi connectivity index (χ0v) is 21.6. The van der Waals surface area contributed by atoms with Crippen LogP contribution in [0.25, 0.3) is 0 Å². The minimum absolute atomic E-state index is 0.0723. The maximum absolute atomic E-state index is 13.5. The van der Waals surface area contributed by atoms with Gasteiger partial charge in [-0.2, -0.15) is 0 Å². The molecular formula is C31H36N2O4. The van der Waals surface area contributed by atoms with Crippen molar-refractivity contribution in [2.75, 3.05) is 24.6 Å². The van der Waals surface area contributed by atoms with Gasteiger partial charge in [-0.15, -0.1) is 0 Å². The van der Waals surface area contributed by atoms with Gasteiger partial charge in [-0.3, -0.25) is 9.69 Å². The lowest BCUT2D eigenvalue weighted by molar-refractivity contribution is -0.120. The molecule has 0 radical (unpaired) electrons. The molecule has 0 aromatic heterocycles. The zero-order chi connectivity index (χ0) is 26.0. The Morgan fingerprint density at radius 1 is 0.865 bits per heavy atom. The Morgan fingerprint density at radius 2 is 1.62 bits per heavy atom. The molecule has 1 N–H and O–H groups in total. The van der Waals surface area contributed by atoms with Crippen molar-refractivity contribution in [3.05, 3.63) is 95.1 Å². The van der Waals surface area contributed by atoms with Crippen LogP contribution in [0.4, 0.5) is 5.69 Å². The summed E-state index contributed by atoms with van der Waals surface area (Å²) in [5.74, 6) is -0.448. The van der Waals surface area contributed by atoms with E-state index in [0.717, 1.165) is 56.4 Å². The summed E-state index contributed by atoms with van der Waals surface area (Å²) < 4.78 is 5.79. The Balaban J connectivity index is 1.64. The molecule has 0 saturated heterocycles. The van der Waals surface area contributed by atoms with Gasteiger partial charge in [0.15, 0.2) is 6.61 Å². The van der Waals surface area contributed by atoms with E-state index < -0.39 is 5.97 Å². The number of carbonyl (C=O) groups excluding carboxylic acids is 1. The molecule has 1 amide bonds. The van der Waals surface area contributed by atoms with Gasteiger partial charge in [-0.25, -0.2) is 4.79 Å². The van der Waals surface area contributed by atoms with Gasteiger partial charge in [-0.1, -0.05) is 67.3 Å². The summed E-state index contributed by atoms with van der Waals surface area (Å²) in [7, 11) is 0. The lowest BCUT2D eigenvalue weighted by Gasteiger charge is -2.30. The fourth-order valence-corrected chi connectivity index (χ4v) is 4.89. The van der Waals surface area contributed by atoms with E-state index in [1.807, 2.05) is 30.3 Å². The second-order valence-electron chi connectivity index (χ2n) is 9.76. The Kier molecular flexibility index (Phi) is 9.33. The quantitative estimate of drug-likeness (QED) is 0.445. The summed E-state index contributed by atoms with van der Waals surface area (Å²) in [5, 5.41) is 9.70. The summed E-state index contributed by atoms with van der Waals surface area (Å²) in [4.78, 5) is 29.4. The number of aromatic carboxylic acids is 1. The number of carboxylic acids is 1. The normalized spacial score (nSPS) is 15.2. The molecule has 0 atom stereocenters. The Bertz CT molecular complexity index is 1190. The van der Waals surface area contributed by atoms with Gasteiger partial charge in [0.2, 0.25) is 0 Å². The fourth-order valence-electron chi connectivity index (χ4n) is 4.89. The van der Waals surface area contributed by atoms with E-state index in [4.69, 9.17) is 4.74 Å². The van der Waals surface area contributed by atoms with Crippen molar-refractivity contribution in [2.45, 2.75) is 52.1 Å². The van der Waals surface area contributed by atoms with Crippen molar-refractivity contribution in [1.29, 1.82) is 0 Å². The number of anilines is 1. The highest BCUT2D eigenvalue weighted by Gasteiger charge is 2.22. The third-order valence-corrected chi connectivity index (χ3v) is 6.76. The minimum atomic E-state index is -0.968. The zero-order valence-electron chi connectivity index (χ0n) is 21.6. The smallest absolute Gasteiger partial charge is 0.335 e. The number of hydrogen-bond acceptors (Lipinski definition) is 4. The van der Waals surface area contributed by atoms with Crippen LogP contribution in [0, 0.1) is 6.92 Å². The first-order valence-electron chi connectivity index (χ1n) is 13.1. The van der Waals surface area contributed by atoms with Crippen LogP contribution < -0.4 is 9.64 Å².